The van der Waals surface area contributed by atoms with E-state index in [2.05, 4.69) is 0 Å². The largest absolute Gasteiger partial charge is 0.512 e. The summed E-state index contributed by atoms with van der Waals surface area (Å²) in [5.74, 6) is 0.349. The van der Waals surface area contributed by atoms with Gasteiger partial charge in [0.05, 0.1) is 11.1 Å². The Morgan fingerprint density at radius 3 is 2.09 bits per heavy atom. The van der Waals surface area contributed by atoms with Gasteiger partial charge in [-0.3, -0.25) is 0 Å². The number of allylic oxidation sites excluding steroid dienone is 4. The Bertz CT molecular complexity index is 186. The van der Waals surface area contributed by atoms with Gasteiger partial charge in [0.25, 0.3) is 0 Å². The highest BCUT2D eigenvalue weighted by atomic mass is 35.5. The van der Waals surface area contributed by atoms with E-state index in [1.807, 2.05) is 26.8 Å². The number of rotatable bonds is 2. The summed E-state index contributed by atoms with van der Waals surface area (Å²) in [7, 11) is 0. The SMILES string of the molecule is C/C(=C/C(C)=C(\C)O)C(C)Cl. The molecule has 0 aromatic carbocycles. The van der Waals surface area contributed by atoms with E-state index >= 15 is 0 Å². The zero-order valence-electron chi connectivity index (χ0n) is 7.48. The van der Waals surface area contributed by atoms with Crippen LogP contribution in [-0.2, 0) is 0 Å². The second kappa shape index (κ2) is 4.45. The molecule has 0 aliphatic heterocycles. The van der Waals surface area contributed by atoms with E-state index in [9.17, 15) is 0 Å². The normalized spacial score (nSPS) is 17.7. The topological polar surface area (TPSA) is 20.2 Å². The van der Waals surface area contributed by atoms with Gasteiger partial charge in [0.1, 0.15) is 0 Å². The minimum absolute atomic E-state index is 0.0318. The fourth-order valence-electron chi connectivity index (χ4n) is 0.561. The predicted octanol–water partition coefficient (Wildman–Crippen LogP) is 3.41. The lowest BCUT2D eigenvalue weighted by molar-refractivity contribution is 0.409. The lowest BCUT2D eigenvalue weighted by Crippen LogP contribution is -1.92. The molecule has 0 saturated heterocycles. The first-order valence-corrected chi connectivity index (χ1v) is 4.07. The molecule has 0 rings (SSSR count). The molecule has 1 N–H and O–H groups in total. The molecule has 11 heavy (non-hydrogen) atoms. The predicted molar refractivity (Wildman–Crippen MR) is 50.1 cm³/mol. The Hall–Kier alpha value is -0.430. The van der Waals surface area contributed by atoms with Crippen LogP contribution in [0.3, 0.4) is 0 Å². The van der Waals surface area contributed by atoms with Gasteiger partial charge in [-0.25, -0.2) is 0 Å². The molecule has 0 aliphatic carbocycles. The molecule has 0 heterocycles. The van der Waals surface area contributed by atoms with Crippen molar-refractivity contribution in [2.24, 2.45) is 0 Å². The summed E-state index contributed by atoms with van der Waals surface area (Å²) in [5, 5.41) is 9.08. The number of aliphatic hydroxyl groups excluding tert-OH is 1. The van der Waals surface area contributed by atoms with Crippen molar-refractivity contribution in [3.63, 3.8) is 0 Å². The van der Waals surface area contributed by atoms with Crippen molar-refractivity contribution in [2.75, 3.05) is 0 Å². The Morgan fingerprint density at radius 1 is 1.36 bits per heavy atom. The number of hydrogen-bond acceptors (Lipinski definition) is 1. The van der Waals surface area contributed by atoms with E-state index in [1.54, 1.807) is 6.92 Å². The van der Waals surface area contributed by atoms with E-state index in [0.29, 0.717) is 5.76 Å². The first kappa shape index (κ1) is 10.6. The van der Waals surface area contributed by atoms with Crippen LogP contribution in [0, 0.1) is 0 Å². The van der Waals surface area contributed by atoms with E-state index in [-0.39, 0.29) is 5.38 Å². The maximum absolute atomic E-state index is 9.04. The van der Waals surface area contributed by atoms with Crippen molar-refractivity contribution in [3.05, 3.63) is 23.0 Å². The van der Waals surface area contributed by atoms with Gasteiger partial charge in [0.15, 0.2) is 0 Å². The van der Waals surface area contributed by atoms with Gasteiger partial charge in [-0.05, 0) is 33.3 Å². The van der Waals surface area contributed by atoms with Crippen LogP contribution in [0.4, 0.5) is 0 Å². The maximum atomic E-state index is 9.04. The summed E-state index contributed by atoms with van der Waals surface area (Å²) in [5.41, 5.74) is 1.94. The molecule has 0 amide bonds. The zero-order valence-corrected chi connectivity index (χ0v) is 8.24. The van der Waals surface area contributed by atoms with Gasteiger partial charge in [0.2, 0.25) is 0 Å². The lowest BCUT2D eigenvalue weighted by Gasteiger charge is -2.03. The minimum Gasteiger partial charge on any atom is -0.512 e. The molecule has 0 radical (unpaired) electrons. The van der Waals surface area contributed by atoms with Gasteiger partial charge in [-0.1, -0.05) is 11.6 Å². The molecular formula is C9H15ClO. The highest BCUT2D eigenvalue weighted by molar-refractivity contribution is 6.22. The third-order valence-corrected chi connectivity index (χ3v) is 1.99. The second-order valence-electron chi connectivity index (χ2n) is 2.77. The molecule has 0 bridgehead atoms. The average molecular weight is 175 g/mol. The summed E-state index contributed by atoms with van der Waals surface area (Å²) in [4.78, 5) is 0. The highest BCUT2D eigenvalue weighted by Crippen LogP contribution is 2.12. The second-order valence-corrected chi connectivity index (χ2v) is 3.43. The van der Waals surface area contributed by atoms with Crippen LogP contribution < -0.4 is 0 Å². The Morgan fingerprint density at radius 2 is 1.82 bits per heavy atom. The highest BCUT2D eigenvalue weighted by Gasteiger charge is 1.98. The van der Waals surface area contributed by atoms with Crippen LogP contribution in [0.2, 0.25) is 0 Å². The number of halogens is 1. The van der Waals surface area contributed by atoms with Crippen LogP contribution in [0.5, 0.6) is 0 Å². The number of aliphatic hydroxyl groups is 1. The fourth-order valence-corrected chi connectivity index (χ4v) is 0.624. The summed E-state index contributed by atoms with van der Waals surface area (Å²) in [6.07, 6.45) is 1.90. The van der Waals surface area contributed by atoms with E-state index < -0.39 is 0 Å². The Kier molecular flexibility index (Phi) is 4.27. The molecule has 0 aromatic heterocycles. The van der Waals surface area contributed by atoms with Crippen LogP contribution >= 0.6 is 11.6 Å². The quantitative estimate of drug-likeness (QED) is 0.387. The molecule has 1 unspecified atom stereocenters. The monoisotopic (exact) mass is 174 g/mol. The molecule has 1 atom stereocenters. The van der Waals surface area contributed by atoms with E-state index in [0.717, 1.165) is 11.1 Å². The summed E-state index contributed by atoms with van der Waals surface area (Å²) in [6, 6.07) is 0. The van der Waals surface area contributed by atoms with Gasteiger partial charge in [0, 0.05) is 0 Å². The van der Waals surface area contributed by atoms with Crippen molar-refractivity contribution < 1.29 is 5.11 Å². The molecule has 0 fully saturated rings. The number of alkyl halides is 1. The standard InChI is InChI=1S/C9H15ClO/c1-6(8(3)10)5-7(2)9(4)11/h5,8,11H,1-4H3/b6-5-,9-7+. The van der Waals surface area contributed by atoms with Gasteiger partial charge in [-0.15, -0.1) is 11.6 Å². The molecule has 1 nitrogen and oxygen atoms in total. The molecule has 2 heteroatoms. The maximum Gasteiger partial charge on any atom is 0.0920 e. The van der Waals surface area contributed by atoms with E-state index in [4.69, 9.17) is 16.7 Å². The molecule has 0 spiro atoms. The molecule has 0 aliphatic rings. The Labute approximate surface area is 73.4 Å². The Balaban J connectivity index is 4.44. The third kappa shape index (κ3) is 4.10. The summed E-state index contributed by atoms with van der Waals surface area (Å²) >= 11 is 5.80. The van der Waals surface area contributed by atoms with Crippen LogP contribution in [-0.4, -0.2) is 10.5 Å². The molecule has 0 aromatic rings. The van der Waals surface area contributed by atoms with Crippen molar-refractivity contribution in [1.82, 2.24) is 0 Å². The van der Waals surface area contributed by atoms with Gasteiger partial charge in [-0.2, -0.15) is 0 Å². The van der Waals surface area contributed by atoms with Crippen LogP contribution in [0.15, 0.2) is 23.0 Å². The molecule has 0 saturated carbocycles. The average Bonchev–Trinajstić information content (AvgIpc) is 1.87. The zero-order chi connectivity index (χ0) is 9.02. The van der Waals surface area contributed by atoms with Crippen molar-refractivity contribution in [3.8, 4) is 0 Å². The van der Waals surface area contributed by atoms with Crippen LogP contribution in [0.25, 0.3) is 0 Å². The van der Waals surface area contributed by atoms with Gasteiger partial charge >= 0.3 is 0 Å². The molecular weight excluding hydrogens is 160 g/mol. The van der Waals surface area contributed by atoms with Crippen molar-refractivity contribution in [2.45, 2.75) is 33.1 Å². The first-order valence-electron chi connectivity index (χ1n) is 3.64. The number of hydrogen-bond donors (Lipinski definition) is 1. The minimum atomic E-state index is 0.0318. The summed E-state index contributed by atoms with van der Waals surface area (Å²) in [6.45, 7) is 7.38. The fraction of sp³-hybridized carbons (Fsp3) is 0.556. The van der Waals surface area contributed by atoms with Crippen molar-refractivity contribution in [1.29, 1.82) is 0 Å². The summed E-state index contributed by atoms with van der Waals surface area (Å²) < 4.78 is 0. The van der Waals surface area contributed by atoms with E-state index in [1.165, 1.54) is 0 Å². The van der Waals surface area contributed by atoms with Crippen LogP contribution in [0.1, 0.15) is 27.7 Å². The smallest absolute Gasteiger partial charge is 0.0920 e. The lowest BCUT2D eigenvalue weighted by atomic mass is 10.1. The molecule has 64 valence electrons. The third-order valence-electron chi connectivity index (χ3n) is 1.64. The van der Waals surface area contributed by atoms with Crippen molar-refractivity contribution >= 4 is 11.6 Å². The first-order chi connectivity index (χ1) is 4.95. The van der Waals surface area contributed by atoms with Gasteiger partial charge < -0.3 is 5.11 Å².